The first-order valence-corrected chi connectivity index (χ1v) is 10.7. The van der Waals surface area contributed by atoms with Gasteiger partial charge in [0, 0.05) is 51.0 Å². The molecular formula is C22H32F3N3O3. The van der Waals surface area contributed by atoms with Crippen LogP contribution in [0, 0.1) is 0 Å². The van der Waals surface area contributed by atoms with E-state index in [2.05, 4.69) is 0 Å². The van der Waals surface area contributed by atoms with E-state index in [-0.39, 0.29) is 24.2 Å². The summed E-state index contributed by atoms with van der Waals surface area (Å²) in [5.41, 5.74) is -0.360. The number of rotatable bonds is 3. The van der Waals surface area contributed by atoms with Gasteiger partial charge in [0.05, 0.1) is 18.8 Å². The van der Waals surface area contributed by atoms with Crippen molar-refractivity contribution in [1.82, 2.24) is 9.80 Å². The average Bonchev–Trinajstić information content (AvgIpc) is 2.67. The molecule has 0 N–H and O–H groups in total. The highest BCUT2D eigenvalue weighted by Gasteiger charge is 2.36. The van der Waals surface area contributed by atoms with Gasteiger partial charge >= 0.3 is 12.3 Å². The molecule has 174 valence electrons. The molecule has 3 rings (SSSR count). The second kappa shape index (κ2) is 9.24. The van der Waals surface area contributed by atoms with Gasteiger partial charge in [0.15, 0.2) is 0 Å². The highest BCUT2D eigenvalue weighted by molar-refractivity contribution is 5.68. The lowest BCUT2D eigenvalue weighted by Crippen LogP contribution is -2.54. The van der Waals surface area contributed by atoms with Crippen LogP contribution in [0.5, 0.6) is 0 Å². The summed E-state index contributed by atoms with van der Waals surface area (Å²) in [7, 11) is 0. The number of carbonyl (C=O) groups is 1. The van der Waals surface area contributed by atoms with Crippen LogP contribution in [0.15, 0.2) is 18.2 Å². The van der Waals surface area contributed by atoms with Crippen molar-refractivity contribution in [2.24, 2.45) is 0 Å². The lowest BCUT2D eigenvalue weighted by molar-refractivity contribution is -0.138. The molecule has 0 aliphatic carbocycles. The number of piperazine rings is 1. The Bertz CT molecular complexity index is 773. The molecule has 0 bridgehead atoms. The predicted molar refractivity (Wildman–Crippen MR) is 112 cm³/mol. The zero-order valence-corrected chi connectivity index (χ0v) is 18.7. The summed E-state index contributed by atoms with van der Waals surface area (Å²) in [5.74, 6) is 0. The molecule has 2 heterocycles. The number of anilines is 1. The maximum atomic E-state index is 13.8. The van der Waals surface area contributed by atoms with E-state index >= 15 is 0 Å². The standard InChI is InChI=1S/C22H32F3N3O3/c1-16-14-26(7-8-28(16)20(29)31-21(2,3)4)15-17-5-6-18(13-19(17)22(23,24)25)27-9-11-30-12-10-27/h5-6,13,16H,7-12,14-15H2,1-4H3/t16-/m1/s1. The monoisotopic (exact) mass is 443 g/mol. The van der Waals surface area contributed by atoms with Gasteiger partial charge in [-0.15, -0.1) is 0 Å². The number of hydrogen-bond donors (Lipinski definition) is 0. The third kappa shape index (κ3) is 6.26. The molecule has 1 aromatic carbocycles. The van der Waals surface area contributed by atoms with Crippen LogP contribution < -0.4 is 4.90 Å². The van der Waals surface area contributed by atoms with Gasteiger partial charge in [-0.25, -0.2) is 4.79 Å². The lowest BCUT2D eigenvalue weighted by atomic mass is 10.0. The minimum absolute atomic E-state index is 0.148. The normalized spacial score (nSPS) is 21.3. The summed E-state index contributed by atoms with van der Waals surface area (Å²) in [4.78, 5) is 17.9. The molecule has 9 heteroatoms. The summed E-state index contributed by atoms with van der Waals surface area (Å²) < 4.78 is 52.2. The predicted octanol–water partition coefficient (Wildman–Crippen LogP) is 3.98. The molecule has 2 saturated heterocycles. The van der Waals surface area contributed by atoms with Crippen LogP contribution >= 0.6 is 0 Å². The van der Waals surface area contributed by atoms with Gasteiger partial charge in [0.25, 0.3) is 0 Å². The second-order valence-corrected chi connectivity index (χ2v) is 9.20. The molecule has 2 fully saturated rings. The van der Waals surface area contributed by atoms with Crippen LogP contribution in [0.1, 0.15) is 38.8 Å². The van der Waals surface area contributed by atoms with Crippen molar-refractivity contribution in [2.75, 3.05) is 50.8 Å². The Morgan fingerprint density at radius 2 is 1.81 bits per heavy atom. The van der Waals surface area contributed by atoms with E-state index in [0.29, 0.717) is 51.6 Å². The van der Waals surface area contributed by atoms with Crippen molar-refractivity contribution in [1.29, 1.82) is 0 Å². The molecule has 0 spiro atoms. The Morgan fingerprint density at radius 3 is 2.39 bits per heavy atom. The third-order valence-electron chi connectivity index (χ3n) is 5.51. The minimum atomic E-state index is -4.43. The quantitative estimate of drug-likeness (QED) is 0.707. The van der Waals surface area contributed by atoms with E-state index in [1.807, 2.05) is 37.5 Å². The largest absolute Gasteiger partial charge is 0.444 e. The van der Waals surface area contributed by atoms with E-state index in [1.165, 1.54) is 6.07 Å². The first-order chi connectivity index (χ1) is 14.4. The van der Waals surface area contributed by atoms with Crippen LogP contribution in [-0.2, 0) is 22.2 Å². The molecule has 6 nitrogen and oxygen atoms in total. The van der Waals surface area contributed by atoms with Crippen LogP contribution in [-0.4, -0.2) is 73.5 Å². The molecule has 0 radical (unpaired) electrons. The van der Waals surface area contributed by atoms with Crippen molar-refractivity contribution in [3.63, 3.8) is 0 Å². The molecule has 1 atom stereocenters. The number of alkyl halides is 3. The van der Waals surface area contributed by atoms with E-state index in [0.717, 1.165) is 0 Å². The Morgan fingerprint density at radius 1 is 1.13 bits per heavy atom. The van der Waals surface area contributed by atoms with Crippen molar-refractivity contribution in [2.45, 2.75) is 52.1 Å². The van der Waals surface area contributed by atoms with Crippen LogP contribution in [0.2, 0.25) is 0 Å². The summed E-state index contributed by atoms with van der Waals surface area (Å²) in [5, 5.41) is 0. The number of amides is 1. The average molecular weight is 444 g/mol. The molecule has 2 aliphatic heterocycles. The lowest BCUT2D eigenvalue weighted by Gasteiger charge is -2.40. The van der Waals surface area contributed by atoms with Gasteiger partial charge in [0.1, 0.15) is 5.60 Å². The van der Waals surface area contributed by atoms with Crippen molar-refractivity contribution in [3.05, 3.63) is 29.3 Å². The third-order valence-corrected chi connectivity index (χ3v) is 5.51. The molecule has 31 heavy (non-hydrogen) atoms. The highest BCUT2D eigenvalue weighted by atomic mass is 19.4. The number of ether oxygens (including phenoxy) is 2. The van der Waals surface area contributed by atoms with Gasteiger partial charge < -0.3 is 19.3 Å². The SMILES string of the molecule is C[C@@H]1CN(Cc2ccc(N3CCOCC3)cc2C(F)(F)F)CCN1C(=O)OC(C)(C)C. The number of halogens is 3. The summed E-state index contributed by atoms with van der Waals surface area (Å²) in [6.45, 7) is 11.1. The van der Waals surface area contributed by atoms with E-state index in [1.54, 1.807) is 17.0 Å². The number of carbonyl (C=O) groups excluding carboxylic acids is 1. The van der Waals surface area contributed by atoms with Crippen molar-refractivity contribution >= 4 is 11.8 Å². The van der Waals surface area contributed by atoms with Crippen LogP contribution in [0.4, 0.5) is 23.7 Å². The molecule has 1 aromatic rings. The fourth-order valence-electron chi connectivity index (χ4n) is 3.99. The Hall–Kier alpha value is -2.00. The van der Waals surface area contributed by atoms with E-state index < -0.39 is 17.3 Å². The maximum Gasteiger partial charge on any atom is 0.416 e. The Kier molecular flexibility index (Phi) is 7.05. The van der Waals surface area contributed by atoms with Crippen molar-refractivity contribution in [3.8, 4) is 0 Å². The number of hydrogen-bond acceptors (Lipinski definition) is 5. The number of benzene rings is 1. The van der Waals surface area contributed by atoms with Gasteiger partial charge in [-0.3, -0.25) is 4.90 Å². The smallest absolute Gasteiger partial charge is 0.416 e. The molecule has 0 saturated carbocycles. The fraction of sp³-hybridized carbons (Fsp3) is 0.682. The zero-order chi connectivity index (χ0) is 22.8. The molecule has 1 amide bonds. The fourth-order valence-corrected chi connectivity index (χ4v) is 3.99. The minimum Gasteiger partial charge on any atom is -0.444 e. The first kappa shape index (κ1) is 23.7. The van der Waals surface area contributed by atoms with Gasteiger partial charge in [0.2, 0.25) is 0 Å². The molecular weight excluding hydrogens is 411 g/mol. The molecule has 0 unspecified atom stereocenters. The second-order valence-electron chi connectivity index (χ2n) is 9.20. The summed E-state index contributed by atoms with van der Waals surface area (Å²) >= 11 is 0. The van der Waals surface area contributed by atoms with Gasteiger partial charge in [-0.05, 0) is 45.4 Å². The summed E-state index contributed by atoms with van der Waals surface area (Å²) in [6, 6.07) is 4.45. The first-order valence-electron chi connectivity index (χ1n) is 10.7. The Balaban J connectivity index is 1.70. The number of nitrogens with zero attached hydrogens (tertiary/aromatic N) is 3. The zero-order valence-electron chi connectivity index (χ0n) is 18.7. The van der Waals surface area contributed by atoms with E-state index in [4.69, 9.17) is 9.47 Å². The Labute approximate surface area is 181 Å². The van der Waals surface area contributed by atoms with E-state index in [9.17, 15) is 18.0 Å². The van der Waals surface area contributed by atoms with Crippen molar-refractivity contribution < 1.29 is 27.4 Å². The van der Waals surface area contributed by atoms with Crippen LogP contribution in [0.25, 0.3) is 0 Å². The molecule has 0 aromatic heterocycles. The highest BCUT2D eigenvalue weighted by Crippen LogP contribution is 2.35. The number of morpholine rings is 1. The van der Waals surface area contributed by atoms with Gasteiger partial charge in [-0.1, -0.05) is 6.07 Å². The summed E-state index contributed by atoms with van der Waals surface area (Å²) in [6.07, 6.45) is -4.81. The van der Waals surface area contributed by atoms with Crippen LogP contribution in [0.3, 0.4) is 0 Å². The topological polar surface area (TPSA) is 45.2 Å². The molecule has 2 aliphatic rings. The maximum absolute atomic E-state index is 13.8. The van der Waals surface area contributed by atoms with Gasteiger partial charge in [-0.2, -0.15) is 13.2 Å².